The van der Waals surface area contributed by atoms with Crippen LogP contribution in [0.15, 0.2) is 59.6 Å². The highest BCUT2D eigenvalue weighted by Gasteiger charge is 2.11. The Hall–Kier alpha value is -2.98. The van der Waals surface area contributed by atoms with Gasteiger partial charge in [0, 0.05) is 11.1 Å². The number of unbranched alkanes of at least 4 members (excludes halogenated alkanes) is 1. The van der Waals surface area contributed by atoms with Gasteiger partial charge in [-0.15, -0.1) is 12.4 Å². The number of guanidine groups is 1. The van der Waals surface area contributed by atoms with Crippen LogP contribution in [0.5, 0.6) is 5.75 Å². The van der Waals surface area contributed by atoms with E-state index in [9.17, 15) is 0 Å². The maximum atomic E-state index is 6.15. The van der Waals surface area contributed by atoms with Crippen molar-refractivity contribution < 1.29 is 4.74 Å². The van der Waals surface area contributed by atoms with Gasteiger partial charge in [0.1, 0.15) is 5.75 Å². The van der Waals surface area contributed by atoms with Crippen molar-refractivity contribution in [3.8, 4) is 5.75 Å². The van der Waals surface area contributed by atoms with Crippen LogP contribution in [-0.2, 0) is 0 Å². The number of nitrogens with one attached hydrogen (secondary N) is 1. The zero-order valence-electron chi connectivity index (χ0n) is 15.8. The molecular weight excluding hydrogens is 370 g/mol. The summed E-state index contributed by atoms with van der Waals surface area (Å²) in [6, 6.07) is 18.1. The largest absolute Gasteiger partial charge is 0.494 e. The zero-order chi connectivity index (χ0) is 18.6. The van der Waals surface area contributed by atoms with Crippen LogP contribution >= 0.6 is 12.4 Å². The highest BCUT2D eigenvalue weighted by atomic mass is 35.5. The summed E-state index contributed by atoms with van der Waals surface area (Å²) in [5.41, 5.74) is 10.3. The van der Waals surface area contributed by atoms with Crippen LogP contribution in [0.3, 0.4) is 0 Å². The lowest BCUT2D eigenvalue weighted by molar-refractivity contribution is 0.309. The molecular formula is C23H24ClN3O. The fraction of sp³-hybridized carbons (Fsp3) is 0.174. The first-order chi connectivity index (χ1) is 13.2. The quantitative estimate of drug-likeness (QED) is 0.240. The van der Waals surface area contributed by atoms with Crippen LogP contribution in [-0.4, -0.2) is 12.6 Å². The lowest BCUT2D eigenvalue weighted by atomic mass is 10.0. The van der Waals surface area contributed by atoms with Gasteiger partial charge < -0.3 is 15.8 Å². The minimum absolute atomic E-state index is 0. The number of rotatable bonds is 6. The Morgan fingerprint density at radius 2 is 1.75 bits per heavy atom. The van der Waals surface area contributed by atoms with Gasteiger partial charge in [0.2, 0.25) is 0 Å². The number of ether oxygens (including phenoxy) is 1. The fourth-order valence-corrected chi connectivity index (χ4v) is 3.28. The van der Waals surface area contributed by atoms with Crippen LogP contribution in [0.4, 0.5) is 11.4 Å². The number of halogens is 1. The average molecular weight is 394 g/mol. The second kappa shape index (κ2) is 8.81. The molecule has 3 aromatic rings. The third-order valence-electron chi connectivity index (χ3n) is 4.66. The van der Waals surface area contributed by atoms with Crippen molar-refractivity contribution in [2.24, 2.45) is 10.7 Å². The lowest BCUT2D eigenvalue weighted by Crippen LogP contribution is -2.21. The van der Waals surface area contributed by atoms with E-state index in [-0.39, 0.29) is 12.4 Å². The van der Waals surface area contributed by atoms with E-state index in [1.54, 1.807) is 0 Å². The molecule has 0 saturated heterocycles. The predicted octanol–water partition coefficient (Wildman–Crippen LogP) is 5.98. The number of hydrogen-bond donors (Lipinski definition) is 2. The van der Waals surface area contributed by atoms with E-state index in [2.05, 4.69) is 53.7 Å². The predicted molar refractivity (Wildman–Crippen MR) is 122 cm³/mol. The molecule has 144 valence electrons. The van der Waals surface area contributed by atoms with Crippen LogP contribution in [0.2, 0.25) is 0 Å². The number of hydrogen-bond acceptors (Lipinski definition) is 2. The first-order valence-corrected chi connectivity index (χ1v) is 9.32. The van der Waals surface area contributed by atoms with E-state index in [4.69, 9.17) is 10.5 Å². The van der Waals surface area contributed by atoms with E-state index >= 15 is 0 Å². The third kappa shape index (κ3) is 4.12. The van der Waals surface area contributed by atoms with E-state index < -0.39 is 0 Å². The molecule has 0 amide bonds. The van der Waals surface area contributed by atoms with Crippen molar-refractivity contribution in [1.82, 2.24) is 0 Å². The Bertz CT molecular complexity index is 1010. The van der Waals surface area contributed by atoms with Crippen LogP contribution in [0.25, 0.3) is 22.9 Å². The van der Waals surface area contributed by atoms with E-state index in [1.165, 1.54) is 16.5 Å². The minimum atomic E-state index is 0. The van der Waals surface area contributed by atoms with Crippen LogP contribution in [0.1, 0.15) is 30.9 Å². The highest BCUT2D eigenvalue weighted by molar-refractivity contribution is 6.09. The summed E-state index contributed by atoms with van der Waals surface area (Å²) >= 11 is 0. The Labute approximate surface area is 171 Å². The van der Waals surface area contributed by atoms with Crippen LogP contribution in [0, 0.1) is 0 Å². The van der Waals surface area contributed by atoms with Gasteiger partial charge in [-0.1, -0.05) is 49.8 Å². The van der Waals surface area contributed by atoms with E-state index in [0.29, 0.717) is 5.96 Å². The highest BCUT2D eigenvalue weighted by Crippen LogP contribution is 2.36. The molecule has 1 aliphatic rings. The first kappa shape index (κ1) is 19.8. The Kier molecular flexibility index (Phi) is 6.22. The number of nitrogens with two attached hydrogens (primary N) is 1. The maximum absolute atomic E-state index is 6.15. The normalized spacial score (nSPS) is 12.1. The summed E-state index contributed by atoms with van der Waals surface area (Å²) in [4.78, 5) is 4.60. The van der Waals surface area contributed by atoms with Crippen molar-refractivity contribution in [1.29, 1.82) is 0 Å². The number of benzene rings is 3. The molecule has 0 bridgehead atoms. The molecule has 0 saturated carbocycles. The molecule has 0 atom stereocenters. The summed E-state index contributed by atoms with van der Waals surface area (Å²) in [6.07, 6.45) is 6.46. The molecule has 0 unspecified atom stereocenters. The molecule has 0 radical (unpaired) electrons. The molecule has 1 aliphatic carbocycles. The summed E-state index contributed by atoms with van der Waals surface area (Å²) in [7, 11) is 0. The summed E-state index contributed by atoms with van der Waals surface area (Å²) in [6.45, 7) is 2.89. The molecule has 0 aliphatic heterocycles. The molecule has 0 spiro atoms. The smallest absolute Gasteiger partial charge is 0.198 e. The van der Waals surface area contributed by atoms with Gasteiger partial charge in [0.05, 0.1) is 12.3 Å². The standard InChI is InChI=1S/C23H23N3O.ClH/c1-2-3-15-27-19-12-10-18(11-13-19)25-23(24)26-21-14-9-17-8-7-16-5-4-6-20(21)22(16)17;/h4-14H,2-3,15H2,1H3,(H3,24,25,26);1H. The van der Waals surface area contributed by atoms with Crippen molar-refractivity contribution >= 4 is 52.7 Å². The SMILES string of the molecule is CCCCOc1ccc(NC(N)=Nc2ccc3c4c(cccc24)C=C3)cc1.Cl. The van der Waals surface area contributed by atoms with Gasteiger partial charge in [-0.05, 0) is 53.3 Å². The lowest BCUT2D eigenvalue weighted by Gasteiger charge is -2.09. The van der Waals surface area contributed by atoms with Crippen molar-refractivity contribution in [3.05, 3.63) is 65.7 Å². The third-order valence-corrected chi connectivity index (χ3v) is 4.66. The van der Waals surface area contributed by atoms with Crippen molar-refractivity contribution in [2.45, 2.75) is 19.8 Å². The fourth-order valence-electron chi connectivity index (χ4n) is 3.28. The summed E-state index contributed by atoms with van der Waals surface area (Å²) in [5.74, 6) is 1.23. The van der Waals surface area contributed by atoms with Gasteiger partial charge in [0.25, 0.3) is 0 Å². The van der Waals surface area contributed by atoms with E-state index in [0.717, 1.165) is 42.0 Å². The Morgan fingerprint density at radius 3 is 2.50 bits per heavy atom. The van der Waals surface area contributed by atoms with Crippen molar-refractivity contribution in [2.75, 3.05) is 11.9 Å². The number of anilines is 1. The molecule has 3 aromatic carbocycles. The number of aliphatic imine (C=N–C) groups is 1. The van der Waals surface area contributed by atoms with Gasteiger partial charge >= 0.3 is 0 Å². The molecule has 0 fully saturated rings. The maximum Gasteiger partial charge on any atom is 0.198 e. The van der Waals surface area contributed by atoms with E-state index in [1.807, 2.05) is 30.3 Å². The summed E-state index contributed by atoms with van der Waals surface area (Å²) < 4.78 is 5.68. The topological polar surface area (TPSA) is 59.6 Å². The average Bonchev–Trinajstić information content (AvgIpc) is 3.10. The number of nitrogens with zero attached hydrogens (tertiary/aromatic N) is 1. The summed E-state index contributed by atoms with van der Waals surface area (Å²) in [5, 5.41) is 5.50. The monoisotopic (exact) mass is 393 g/mol. The van der Waals surface area contributed by atoms with Gasteiger partial charge in [0.15, 0.2) is 5.96 Å². The van der Waals surface area contributed by atoms with Crippen molar-refractivity contribution in [3.63, 3.8) is 0 Å². The molecule has 4 nitrogen and oxygen atoms in total. The Balaban J connectivity index is 0.00000225. The molecule has 0 heterocycles. The minimum Gasteiger partial charge on any atom is -0.494 e. The first-order valence-electron chi connectivity index (χ1n) is 9.32. The molecule has 28 heavy (non-hydrogen) atoms. The second-order valence-electron chi connectivity index (χ2n) is 6.63. The van der Waals surface area contributed by atoms with Gasteiger partial charge in [-0.3, -0.25) is 0 Å². The van der Waals surface area contributed by atoms with Gasteiger partial charge in [-0.25, -0.2) is 4.99 Å². The second-order valence-corrected chi connectivity index (χ2v) is 6.63. The molecule has 4 rings (SSSR count). The van der Waals surface area contributed by atoms with Crippen LogP contribution < -0.4 is 15.8 Å². The zero-order valence-corrected chi connectivity index (χ0v) is 16.6. The molecule has 5 heteroatoms. The van der Waals surface area contributed by atoms with Gasteiger partial charge in [-0.2, -0.15) is 0 Å². The Morgan fingerprint density at radius 1 is 1.00 bits per heavy atom. The molecule has 3 N–H and O–H groups in total. The molecule has 0 aromatic heterocycles.